The molecule has 1 saturated heterocycles. The minimum absolute atomic E-state index is 0.574. The van der Waals surface area contributed by atoms with Crippen LogP contribution in [0.3, 0.4) is 0 Å². The highest BCUT2D eigenvalue weighted by molar-refractivity contribution is 5.65. The van der Waals surface area contributed by atoms with E-state index in [-0.39, 0.29) is 0 Å². The first kappa shape index (κ1) is 12.7. The van der Waals surface area contributed by atoms with Crippen molar-refractivity contribution in [3.05, 3.63) is 29.8 Å². The molecule has 1 heterocycles. The Kier molecular flexibility index (Phi) is 4.04. The second-order valence-electron chi connectivity index (χ2n) is 4.36. The van der Waals surface area contributed by atoms with Crippen molar-refractivity contribution >= 4 is 6.09 Å². The standard InChI is InChI=1S/C13H18N2O3/c1-18-12-5-3-2-4-11(12)10-14-6-8-15(9-7-14)13(16)17/h2-5H,6-10H2,1H3,(H,16,17). The van der Waals surface area contributed by atoms with Crippen LogP contribution < -0.4 is 4.74 Å². The van der Waals surface area contributed by atoms with Crippen LogP contribution in [-0.2, 0) is 6.54 Å². The summed E-state index contributed by atoms with van der Waals surface area (Å²) in [5, 5.41) is 8.88. The van der Waals surface area contributed by atoms with Crippen molar-refractivity contribution in [2.75, 3.05) is 33.3 Å². The summed E-state index contributed by atoms with van der Waals surface area (Å²) >= 11 is 0. The minimum atomic E-state index is -0.827. The SMILES string of the molecule is COc1ccccc1CN1CCN(C(=O)O)CC1. The van der Waals surface area contributed by atoms with Gasteiger partial charge in [0.2, 0.25) is 0 Å². The van der Waals surface area contributed by atoms with E-state index in [1.54, 1.807) is 7.11 Å². The molecule has 0 spiro atoms. The molecule has 0 saturated carbocycles. The number of amides is 1. The van der Waals surface area contributed by atoms with Gasteiger partial charge in [-0.05, 0) is 6.07 Å². The van der Waals surface area contributed by atoms with Crippen LogP contribution in [0.2, 0.25) is 0 Å². The first-order chi connectivity index (χ1) is 8.70. The number of carbonyl (C=O) groups is 1. The normalized spacial score (nSPS) is 16.6. The van der Waals surface area contributed by atoms with Crippen LogP contribution in [0.15, 0.2) is 24.3 Å². The third-order valence-electron chi connectivity index (χ3n) is 3.23. The zero-order valence-corrected chi connectivity index (χ0v) is 10.5. The van der Waals surface area contributed by atoms with Crippen LogP contribution >= 0.6 is 0 Å². The molecule has 0 aliphatic carbocycles. The van der Waals surface area contributed by atoms with Gasteiger partial charge in [-0.15, -0.1) is 0 Å². The van der Waals surface area contributed by atoms with Crippen LogP contribution in [0.4, 0.5) is 4.79 Å². The number of nitrogens with zero attached hydrogens (tertiary/aromatic N) is 2. The Morgan fingerprint density at radius 2 is 1.94 bits per heavy atom. The summed E-state index contributed by atoms with van der Waals surface area (Å²) in [6, 6.07) is 7.93. The van der Waals surface area contributed by atoms with Gasteiger partial charge in [0.25, 0.3) is 0 Å². The maximum Gasteiger partial charge on any atom is 0.407 e. The quantitative estimate of drug-likeness (QED) is 0.883. The molecule has 1 aliphatic heterocycles. The van der Waals surface area contributed by atoms with Crippen LogP contribution in [-0.4, -0.2) is 54.3 Å². The molecule has 1 aliphatic rings. The lowest BCUT2D eigenvalue weighted by Crippen LogP contribution is -2.47. The van der Waals surface area contributed by atoms with Gasteiger partial charge < -0.3 is 14.7 Å². The Morgan fingerprint density at radius 3 is 2.56 bits per heavy atom. The minimum Gasteiger partial charge on any atom is -0.496 e. The lowest BCUT2D eigenvalue weighted by molar-refractivity contribution is 0.102. The first-order valence-corrected chi connectivity index (χ1v) is 6.03. The smallest absolute Gasteiger partial charge is 0.407 e. The van der Waals surface area contributed by atoms with E-state index >= 15 is 0 Å². The lowest BCUT2D eigenvalue weighted by atomic mass is 10.1. The van der Waals surface area contributed by atoms with E-state index in [1.165, 1.54) is 4.90 Å². The summed E-state index contributed by atoms with van der Waals surface area (Å²) in [7, 11) is 1.67. The summed E-state index contributed by atoms with van der Waals surface area (Å²) in [6.45, 7) is 3.49. The molecule has 5 heteroatoms. The number of rotatable bonds is 3. The third-order valence-corrected chi connectivity index (χ3v) is 3.23. The van der Waals surface area contributed by atoms with Crippen molar-refractivity contribution in [2.24, 2.45) is 0 Å². The van der Waals surface area contributed by atoms with E-state index in [1.807, 2.05) is 24.3 Å². The second kappa shape index (κ2) is 5.73. The Labute approximate surface area is 107 Å². The molecule has 98 valence electrons. The van der Waals surface area contributed by atoms with Crippen LogP contribution in [0.25, 0.3) is 0 Å². The fourth-order valence-electron chi connectivity index (χ4n) is 2.17. The average molecular weight is 250 g/mol. The highest BCUT2D eigenvalue weighted by Crippen LogP contribution is 2.19. The van der Waals surface area contributed by atoms with E-state index in [4.69, 9.17) is 9.84 Å². The van der Waals surface area contributed by atoms with Crippen molar-refractivity contribution in [2.45, 2.75) is 6.54 Å². The van der Waals surface area contributed by atoms with Crippen molar-refractivity contribution in [3.63, 3.8) is 0 Å². The van der Waals surface area contributed by atoms with Gasteiger partial charge in [0.05, 0.1) is 7.11 Å². The maximum absolute atomic E-state index is 10.8. The number of methoxy groups -OCH3 is 1. The Hall–Kier alpha value is -1.75. The molecule has 5 nitrogen and oxygen atoms in total. The molecule has 1 aromatic carbocycles. The van der Waals surface area contributed by atoms with Gasteiger partial charge in [0, 0.05) is 38.3 Å². The zero-order valence-electron chi connectivity index (χ0n) is 10.5. The van der Waals surface area contributed by atoms with Crippen molar-refractivity contribution < 1.29 is 14.6 Å². The Morgan fingerprint density at radius 1 is 1.28 bits per heavy atom. The average Bonchev–Trinajstić information content (AvgIpc) is 2.40. The Bertz CT molecular complexity index is 414. The molecule has 1 amide bonds. The topological polar surface area (TPSA) is 53.0 Å². The lowest BCUT2D eigenvalue weighted by Gasteiger charge is -2.33. The molecule has 1 fully saturated rings. The van der Waals surface area contributed by atoms with E-state index in [2.05, 4.69) is 4.90 Å². The number of piperazine rings is 1. The summed E-state index contributed by atoms with van der Waals surface area (Å²) in [6.07, 6.45) is -0.827. The molecular weight excluding hydrogens is 232 g/mol. The van der Waals surface area contributed by atoms with Gasteiger partial charge in [0.1, 0.15) is 5.75 Å². The number of carboxylic acid groups (broad SMARTS) is 1. The predicted molar refractivity (Wildman–Crippen MR) is 67.9 cm³/mol. The number of ether oxygens (including phenoxy) is 1. The zero-order chi connectivity index (χ0) is 13.0. The fraction of sp³-hybridized carbons (Fsp3) is 0.462. The first-order valence-electron chi connectivity index (χ1n) is 6.03. The van der Waals surface area contributed by atoms with Gasteiger partial charge in [-0.3, -0.25) is 4.90 Å². The molecule has 2 rings (SSSR count). The molecule has 0 bridgehead atoms. The Balaban J connectivity index is 1.93. The number of hydrogen-bond donors (Lipinski definition) is 1. The van der Waals surface area contributed by atoms with Gasteiger partial charge in [-0.1, -0.05) is 18.2 Å². The van der Waals surface area contributed by atoms with E-state index < -0.39 is 6.09 Å². The second-order valence-corrected chi connectivity index (χ2v) is 4.36. The molecule has 0 atom stereocenters. The molecule has 1 aromatic rings. The van der Waals surface area contributed by atoms with Crippen LogP contribution in [0, 0.1) is 0 Å². The fourth-order valence-corrected chi connectivity index (χ4v) is 2.17. The monoisotopic (exact) mass is 250 g/mol. The van der Waals surface area contributed by atoms with Gasteiger partial charge in [-0.25, -0.2) is 4.79 Å². The molecule has 0 radical (unpaired) electrons. The molecule has 0 unspecified atom stereocenters. The van der Waals surface area contributed by atoms with Crippen molar-refractivity contribution in [3.8, 4) is 5.75 Å². The highest BCUT2D eigenvalue weighted by Gasteiger charge is 2.20. The molecule has 18 heavy (non-hydrogen) atoms. The van der Waals surface area contributed by atoms with Crippen LogP contribution in [0.5, 0.6) is 5.75 Å². The largest absolute Gasteiger partial charge is 0.496 e. The number of para-hydroxylation sites is 1. The summed E-state index contributed by atoms with van der Waals surface area (Å²) in [4.78, 5) is 14.5. The molecular formula is C13H18N2O3. The summed E-state index contributed by atoms with van der Waals surface area (Å²) in [5.41, 5.74) is 1.14. The summed E-state index contributed by atoms with van der Waals surface area (Å²) in [5.74, 6) is 0.887. The number of benzene rings is 1. The third kappa shape index (κ3) is 2.92. The maximum atomic E-state index is 10.8. The van der Waals surface area contributed by atoms with E-state index in [9.17, 15) is 4.79 Å². The summed E-state index contributed by atoms with van der Waals surface area (Å²) < 4.78 is 5.32. The van der Waals surface area contributed by atoms with Gasteiger partial charge in [-0.2, -0.15) is 0 Å². The van der Waals surface area contributed by atoms with Crippen molar-refractivity contribution in [1.29, 1.82) is 0 Å². The molecule has 0 aromatic heterocycles. The highest BCUT2D eigenvalue weighted by atomic mass is 16.5. The molecule has 1 N–H and O–H groups in total. The van der Waals surface area contributed by atoms with Gasteiger partial charge >= 0.3 is 6.09 Å². The predicted octanol–water partition coefficient (Wildman–Crippen LogP) is 1.49. The van der Waals surface area contributed by atoms with Crippen LogP contribution in [0.1, 0.15) is 5.56 Å². The van der Waals surface area contributed by atoms with Gasteiger partial charge in [0.15, 0.2) is 0 Å². The van der Waals surface area contributed by atoms with Crippen molar-refractivity contribution in [1.82, 2.24) is 9.80 Å². The van der Waals surface area contributed by atoms with E-state index in [0.717, 1.165) is 30.9 Å². The van der Waals surface area contributed by atoms with E-state index in [0.29, 0.717) is 13.1 Å². The number of hydrogen-bond acceptors (Lipinski definition) is 3.